The van der Waals surface area contributed by atoms with E-state index in [4.69, 9.17) is 15.9 Å². The van der Waals surface area contributed by atoms with Gasteiger partial charge >= 0.3 is 17.9 Å². The Kier molecular flexibility index (Phi) is 12.2. The van der Waals surface area contributed by atoms with Crippen LogP contribution in [0.15, 0.2) is 42.9 Å². The van der Waals surface area contributed by atoms with Gasteiger partial charge in [-0.25, -0.2) is 9.78 Å². The minimum absolute atomic E-state index is 0.0613. The summed E-state index contributed by atoms with van der Waals surface area (Å²) in [6.45, 7) is 0. The minimum Gasteiger partial charge on any atom is -0.481 e. The second-order valence-electron chi connectivity index (χ2n) is 8.96. The molecule has 216 valence electrons. The number of benzene rings is 1. The third-order valence-corrected chi connectivity index (χ3v) is 5.79. The highest BCUT2D eigenvalue weighted by atomic mass is 16.4. The summed E-state index contributed by atoms with van der Waals surface area (Å²) in [4.78, 5) is 79.3. The lowest BCUT2D eigenvalue weighted by Gasteiger charge is -2.25. The van der Waals surface area contributed by atoms with Crippen molar-refractivity contribution >= 4 is 35.6 Å². The number of imidazole rings is 1. The molecule has 0 aliphatic rings. The fourth-order valence-corrected chi connectivity index (χ4v) is 3.65. The van der Waals surface area contributed by atoms with Crippen molar-refractivity contribution in [1.29, 1.82) is 0 Å². The first-order chi connectivity index (χ1) is 19.0. The molecular weight excluding hydrogens is 528 g/mol. The standard InChI is InChI=1S/C25H32N6O9/c26-16(6-8-20(32)33)22(36)30-18(11-15-12-27-13-28-15)24(38)29-17(7-9-21(34)35)23(37)31-19(25(39)40)10-14-4-2-1-3-5-14/h1-5,12-13,16-19H,6-11,26H2,(H,27,28)(H,29,38)(H,30,36)(H,31,37)(H,32,33)(H,34,35)(H,39,40). The third-order valence-electron chi connectivity index (χ3n) is 5.79. The second-order valence-corrected chi connectivity index (χ2v) is 8.96. The van der Waals surface area contributed by atoms with E-state index in [1.165, 1.54) is 12.5 Å². The summed E-state index contributed by atoms with van der Waals surface area (Å²) in [6.07, 6.45) is 1.09. The van der Waals surface area contributed by atoms with E-state index in [1.54, 1.807) is 30.3 Å². The lowest BCUT2D eigenvalue weighted by Crippen LogP contribution is -2.57. The molecule has 40 heavy (non-hydrogen) atoms. The first-order valence-electron chi connectivity index (χ1n) is 12.3. The van der Waals surface area contributed by atoms with Crippen LogP contribution in [0, 0.1) is 0 Å². The minimum atomic E-state index is -1.46. The fraction of sp³-hybridized carbons (Fsp3) is 0.400. The van der Waals surface area contributed by atoms with Crippen LogP contribution in [0.25, 0.3) is 0 Å². The van der Waals surface area contributed by atoms with Crippen LogP contribution in [0.1, 0.15) is 36.9 Å². The van der Waals surface area contributed by atoms with Crippen molar-refractivity contribution in [2.75, 3.05) is 0 Å². The van der Waals surface area contributed by atoms with Crippen molar-refractivity contribution in [1.82, 2.24) is 25.9 Å². The van der Waals surface area contributed by atoms with E-state index in [0.29, 0.717) is 11.3 Å². The molecule has 9 N–H and O–H groups in total. The van der Waals surface area contributed by atoms with Gasteiger partial charge < -0.3 is 42.0 Å². The molecule has 4 unspecified atom stereocenters. The number of hydrogen-bond acceptors (Lipinski definition) is 8. The van der Waals surface area contributed by atoms with Gasteiger partial charge in [-0.2, -0.15) is 0 Å². The van der Waals surface area contributed by atoms with Gasteiger partial charge in [-0.05, 0) is 18.4 Å². The van der Waals surface area contributed by atoms with Crippen LogP contribution < -0.4 is 21.7 Å². The number of H-pyrrole nitrogens is 1. The highest BCUT2D eigenvalue weighted by molar-refractivity contribution is 5.94. The van der Waals surface area contributed by atoms with Gasteiger partial charge in [0.25, 0.3) is 0 Å². The molecule has 15 nitrogen and oxygen atoms in total. The van der Waals surface area contributed by atoms with Crippen molar-refractivity contribution < 1.29 is 44.1 Å². The Balaban J connectivity index is 2.19. The summed E-state index contributed by atoms with van der Waals surface area (Å²) in [5.74, 6) is -6.37. The molecule has 1 aromatic carbocycles. The van der Waals surface area contributed by atoms with Crippen LogP contribution in [0.4, 0.5) is 0 Å². The lowest BCUT2D eigenvalue weighted by atomic mass is 10.0. The van der Waals surface area contributed by atoms with E-state index in [9.17, 15) is 33.9 Å². The Labute approximate surface area is 228 Å². The number of hydrogen-bond donors (Lipinski definition) is 8. The number of carboxylic acid groups (broad SMARTS) is 3. The van der Waals surface area contributed by atoms with Gasteiger partial charge in [0.05, 0.1) is 12.4 Å². The maximum absolute atomic E-state index is 13.2. The number of nitrogens with two attached hydrogens (primary N) is 1. The predicted molar refractivity (Wildman–Crippen MR) is 138 cm³/mol. The highest BCUT2D eigenvalue weighted by Gasteiger charge is 2.31. The molecule has 0 bridgehead atoms. The number of aromatic nitrogens is 2. The molecule has 2 aromatic rings. The summed E-state index contributed by atoms with van der Waals surface area (Å²) in [7, 11) is 0. The monoisotopic (exact) mass is 560 g/mol. The zero-order chi connectivity index (χ0) is 29.7. The van der Waals surface area contributed by atoms with Crippen LogP contribution in [0.5, 0.6) is 0 Å². The summed E-state index contributed by atoms with van der Waals surface area (Å²) in [5, 5.41) is 34.7. The van der Waals surface area contributed by atoms with E-state index in [1.807, 2.05) is 0 Å². The second kappa shape index (κ2) is 15.6. The molecule has 15 heteroatoms. The van der Waals surface area contributed by atoms with Gasteiger partial charge in [0.15, 0.2) is 0 Å². The molecule has 1 aromatic heterocycles. The van der Waals surface area contributed by atoms with Gasteiger partial charge in [0.2, 0.25) is 17.7 Å². The Hall–Kier alpha value is -4.79. The molecule has 0 saturated heterocycles. The third kappa shape index (κ3) is 10.9. The topological polar surface area (TPSA) is 254 Å². The molecule has 0 saturated carbocycles. The number of rotatable bonds is 17. The van der Waals surface area contributed by atoms with Crippen molar-refractivity contribution in [2.45, 2.75) is 62.7 Å². The van der Waals surface area contributed by atoms with Gasteiger partial charge in [-0.1, -0.05) is 30.3 Å². The molecular formula is C25H32N6O9. The number of nitrogens with zero attached hydrogens (tertiary/aromatic N) is 1. The van der Waals surface area contributed by atoms with E-state index in [-0.39, 0.29) is 32.1 Å². The first kappa shape index (κ1) is 31.4. The van der Waals surface area contributed by atoms with Gasteiger partial charge in [-0.15, -0.1) is 0 Å². The summed E-state index contributed by atoms with van der Waals surface area (Å²) in [6, 6.07) is 3.12. The number of nitrogens with one attached hydrogen (secondary N) is 4. The normalized spacial score (nSPS) is 13.7. The summed E-state index contributed by atoms with van der Waals surface area (Å²) in [5.41, 5.74) is 6.81. The van der Waals surface area contributed by atoms with Crippen LogP contribution in [-0.2, 0) is 41.6 Å². The van der Waals surface area contributed by atoms with Gasteiger partial charge in [0, 0.05) is 37.6 Å². The predicted octanol–water partition coefficient (Wildman–Crippen LogP) is -1.21. The molecule has 0 radical (unpaired) electrons. The van der Waals surface area contributed by atoms with Crippen molar-refractivity contribution in [3.63, 3.8) is 0 Å². The number of carboxylic acids is 3. The molecule has 4 atom stereocenters. The smallest absolute Gasteiger partial charge is 0.326 e. The molecule has 0 fully saturated rings. The first-order valence-corrected chi connectivity index (χ1v) is 12.3. The van der Waals surface area contributed by atoms with E-state index < -0.39 is 66.2 Å². The average Bonchev–Trinajstić information content (AvgIpc) is 3.42. The molecule has 0 aliphatic heterocycles. The van der Waals surface area contributed by atoms with Crippen molar-refractivity contribution in [3.05, 3.63) is 54.1 Å². The Bertz CT molecular complexity index is 1170. The summed E-state index contributed by atoms with van der Waals surface area (Å²) < 4.78 is 0. The lowest BCUT2D eigenvalue weighted by molar-refractivity contribution is -0.143. The number of carbonyl (C=O) groups excluding carboxylic acids is 3. The van der Waals surface area contributed by atoms with Crippen molar-refractivity contribution in [2.24, 2.45) is 5.73 Å². The zero-order valence-electron chi connectivity index (χ0n) is 21.4. The largest absolute Gasteiger partial charge is 0.481 e. The van der Waals surface area contributed by atoms with Gasteiger partial charge in [-0.3, -0.25) is 24.0 Å². The van der Waals surface area contributed by atoms with Crippen LogP contribution in [0.3, 0.4) is 0 Å². The van der Waals surface area contributed by atoms with E-state index in [0.717, 1.165) is 0 Å². The average molecular weight is 561 g/mol. The number of aliphatic carboxylic acids is 3. The Morgan fingerprint density at radius 1 is 0.775 bits per heavy atom. The molecule has 0 spiro atoms. The van der Waals surface area contributed by atoms with Gasteiger partial charge in [0.1, 0.15) is 18.1 Å². The molecule has 1 heterocycles. The fourth-order valence-electron chi connectivity index (χ4n) is 3.65. The highest BCUT2D eigenvalue weighted by Crippen LogP contribution is 2.07. The summed E-state index contributed by atoms with van der Waals surface area (Å²) >= 11 is 0. The maximum atomic E-state index is 13.2. The number of aromatic amines is 1. The Morgan fingerprint density at radius 3 is 1.93 bits per heavy atom. The van der Waals surface area contributed by atoms with E-state index >= 15 is 0 Å². The zero-order valence-corrected chi connectivity index (χ0v) is 21.4. The molecule has 0 aliphatic carbocycles. The van der Waals surface area contributed by atoms with Crippen LogP contribution >= 0.6 is 0 Å². The van der Waals surface area contributed by atoms with Crippen LogP contribution in [-0.4, -0.2) is 85.1 Å². The SMILES string of the molecule is NC(CCC(=O)O)C(=O)NC(Cc1cnc[nH]1)C(=O)NC(CCC(=O)O)C(=O)NC(Cc1ccccc1)C(=O)O. The molecule has 2 rings (SSSR count). The Morgan fingerprint density at radius 2 is 1.35 bits per heavy atom. The number of carbonyl (C=O) groups is 6. The quantitative estimate of drug-likeness (QED) is 0.114. The van der Waals surface area contributed by atoms with E-state index in [2.05, 4.69) is 25.9 Å². The number of amides is 3. The van der Waals surface area contributed by atoms with Crippen LogP contribution in [0.2, 0.25) is 0 Å². The molecule has 3 amide bonds. The maximum Gasteiger partial charge on any atom is 0.326 e. The van der Waals surface area contributed by atoms with Crippen molar-refractivity contribution in [3.8, 4) is 0 Å².